The highest BCUT2D eigenvalue weighted by molar-refractivity contribution is 14.1. The number of benzene rings is 1. The number of aromatic nitrogens is 3. The van der Waals surface area contributed by atoms with Crippen LogP contribution in [0.15, 0.2) is 12.1 Å². The van der Waals surface area contributed by atoms with Crippen LogP contribution in [0.25, 0.3) is 0 Å². The summed E-state index contributed by atoms with van der Waals surface area (Å²) in [6.45, 7) is 2.31. The second-order valence-electron chi connectivity index (χ2n) is 3.60. The Morgan fingerprint density at radius 1 is 1.40 bits per heavy atom. The van der Waals surface area contributed by atoms with Crippen LogP contribution < -0.4 is 10.1 Å². The molecule has 20 heavy (non-hydrogen) atoms. The highest BCUT2D eigenvalue weighted by Crippen LogP contribution is 2.23. The topological polar surface area (TPSA) is 79.9 Å². The number of anilines is 1. The molecular formula is C11H9I3N4O2. The molecule has 1 aromatic carbocycles. The third-order valence-corrected chi connectivity index (χ3v) is 5.88. The van der Waals surface area contributed by atoms with Crippen molar-refractivity contribution in [2.75, 3.05) is 11.9 Å². The average molecular weight is 610 g/mol. The van der Waals surface area contributed by atoms with Crippen molar-refractivity contribution >= 4 is 79.6 Å². The third-order valence-electron chi connectivity index (χ3n) is 2.21. The number of carbonyl (C=O) groups excluding carboxylic acids is 1. The van der Waals surface area contributed by atoms with E-state index < -0.39 is 0 Å². The molecule has 0 aliphatic carbocycles. The first-order valence-corrected chi connectivity index (χ1v) is 8.76. The maximum Gasteiger partial charge on any atom is 0.337 e. The number of rotatable bonds is 4. The molecule has 0 saturated heterocycles. The molecule has 0 bridgehead atoms. The summed E-state index contributed by atoms with van der Waals surface area (Å²) in [6.07, 6.45) is 0. The molecule has 1 heterocycles. The monoisotopic (exact) mass is 610 g/mol. The lowest BCUT2D eigenvalue weighted by Gasteiger charge is -2.06. The maximum atomic E-state index is 12.3. The van der Waals surface area contributed by atoms with E-state index >= 15 is 0 Å². The minimum absolute atomic E-state index is 0.217. The van der Waals surface area contributed by atoms with Crippen LogP contribution in [0.1, 0.15) is 17.3 Å². The van der Waals surface area contributed by atoms with Gasteiger partial charge >= 0.3 is 6.01 Å². The molecular weight excluding hydrogens is 601 g/mol. The summed E-state index contributed by atoms with van der Waals surface area (Å²) >= 11 is 6.55. The molecule has 0 aliphatic heterocycles. The molecule has 1 amide bonds. The summed E-state index contributed by atoms with van der Waals surface area (Å²) < 4.78 is 8.07. The molecule has 0 fully saturated rings. The van der Waals surface area contributed by atoms with Gasteiger partial charge in [0.25, 0.3) is 5.91 Å². The van der Waals surface area contributed by atoms with Crippen molar-refractivity contribution < 1.29 is 9.53 Å². The SMILES string of the molecule is CCOc1n[nH]c(NC(=O)c2cc(I)cc(I)c2I)n1. The van der Waals surface area contributed by atoms with Gasteiger partial charge < -0.3 is 4.74 Å². The van der Waals surface area contributed by atoms with Crippen LogP contribution in [0.4, 0.5) is 5.95 Å². The fourth-order valence-electron chi connectivity index (χ4n) is 1.39. The van der Waals surface area contributed by atoms with E-state index in [1.165, 1.54) is 0 Å². The third kappa shape index (κ3) is 3.93. The highest BCUT2D eigenvalue weighted by Gasteiger charge is 2.15. The number of nitrogens with zero attached hydrogens (tertiary/aromatic N) is 2. The van der Waals surface area contributed by atoms with Crippen molar-refractivity contribution in [3.8, 4) is 6.01 Å². The highest BCUT2D eigenvalue weighted by atomic mass is 127. The zero-order valence-corrected chi connectivity index (χ0v) is 16.7. The largest absolute Gasteiger partial charge is 0.463 e. The second kappa shape index (κ2) is 7.20. The first kappa shape index (κ1) is 16.2. The minimum atomic E-state index is -0.231. The predicted molar refractivity (Wildman–Crippen MR) is 100 cm³/mol. The van der Waals surface area contributed by atoms with Crippen LogP contribution in [0, 0.1) is 10.7 Å². The number of hydrogen-bond donors (Lipinski definition) is 2. The number of halogens is 3. The van der Waals surface area contributed by atoms with E-state index in [1.807, 2.05) is 19.1 Å². The zero-order chi connectivity index (χ0) is 14.7. The molecule has 0 radical (unpaired) electrons. The molecule has 0 unspecified atom stereocenters. The lowest BCUT2D eigenvalue weighted by atomic mass is 10.2. The van der Waals surface area contributed by atoms with Crippen molar-refractivity contribution in [2.45, 2.75) is 6.92 Å². The fraction of sp³-hybridized carbons (Fsp3) is 0.182. The van der Waals surface area contributed by atoms with Gasteiger partial charge in [0.05, 0.1) is 12.2 Å². The fourth-order valence-corrected chi connectivity index (χ4v) is 3.79. The van der Waals surface area contributed by atoms with Gasteiger partial charge in [-0.15, -0.1) is 5.10 Å². The summed E-state index contributed by atoms with van der Waals surface area (Å²) in [6, 6.07) is 4.07. The number of amides is 1. The number of carbonyl (C=O) groups is 1. The van der Waals surface area contributed by atoms with Gasteiger partial charge in [-0.05, 0) is 86.8 Å². The number of aromatic amines is 1. The number of nitrogens with one attached hydrogen (secondary N) is 2. The first-order chi connectivity index (χ1) is 9.51. The number of ether oxygens (including phenoxy) is 1. The van der Waals surface area contributed by atoms with Gasteiger partial charge in [0.2, 0.25) is 5.95 Å². The molecule has 9 heteroatoms. The molecule has 0 spiro atoms. The molecule has 0 atom stereocenters. The predicted octanol–water partition coefficient (Wildman–Crippen LogP) is 3.27. The van der Waals surface area contributed by atoms with E-state index in [0.29, 0.717) is 12.2 Å². The quantitative estimate of drug-likeness (QED) is 0.412. The molecule has 2 rings (SSSR count). The maximum absolute atomic E-state index is 12.3. The average Bonchev–Trinajstić information content (AvgIpc) is 2.81. The van der Waals surface area contributed by atoms with E-state index in [1.54, 1.807) is 0 Å². The Morgan fingerprint density at radius 3 is 2.85 bits per heavy atom. The molecule has 2 N–H and O–H groups in total. The zero-order valence-electron chi connectivity index (χ0n) is 10.2. The number of H-pyrrole nitrogens is 1. The van der Waals surface area contributed by atoms with Crippen molar-refractivity contribution in [3.05, 3.63) is 28.4 Å². The normalized spacial score (nSPS) is 10.4. The second-order valence-corrected chi connectivity index (χ2v) is 7.09. The van der Waals surface area contributed by atoms with E-state index in [9.17, 15) is 4.79 Å². The molecule has 0 saturated carbocycles. The van der Waals surface area contributed by atoms with Crippen LogP contribution in [-0.4, -0.2) is 27.7 Å². The van der Waals surface area contributed by atoms with Crippen LogP contribution in [0.2, 0.25) is 0 Å². The van der Waals surface area contributed by atoms with E-state index in [2.05, 4.69) is 88.3 Å². The molecule has 0 aliphatic rings. The van der Waals surface area contributed by atoms with Crippen molar-refractivity contribution in [1.82, 2.24) is 15.2 Å². The van der Waals surface area contributed by atoms with E-state index in [0.717, 1.165) is 10.7 Å². The molecule has 1 aromatic heterocycles. The van der Waals surface area contributed by atoms with Gasteiger partial charge in [0.15, 0.2) is 0 Å². The van der Waals surface area contributed by atoms with Crippen LogP contribution in [0.5, 0.6) is 6.01 Å². The smallest absolute Gasteiger partial charge is 0.337 e. The van der Waals surface area contributed by atoms with Gasteiger partial charge in [-0.1, -0.05) is 0 Å². The number of hydrogen-bond acceptors (Lipinski definition) is 4. The van der Waals surface area contributed by atoms with Crippen molar-refractivity contribution in [2.24, 2.45) is 0 Å². The van der Waals surface area contributed by atoms with Crippen LogP contribution >= 0.6 is 67.8 Å². The Balaban J connectivity index is 2.19. The molecule has 6 nitrogen and oxygen atoms in total. The van der Waals surface area contributed by atoms with Crippen molar-refractivity contribution in [3.63, 3.8) is 0 Å². The lowest BCUT2D eigenvalue weighted by Crippen LogP contribution is -2.15. The van der Waals surface area contributed by atoms with Gasteiger partial charge in [0.1, 0.15) is 0 Å². The van der Waals surface area contributed by atoms with E-state index in [-0.39, 0.29) is 17.9 Å². The standard InChI is InChI=1S/C11H9I3N4O2/c1-2-20-11-16-10(17-18-11)15-9(19)6-3-5(12)4-7(13)8(6)14/h3-4H,2H2,1H3,(H2,15,16,17,18,19). The van der Waals surface area contributed by atoms with Gasteiger partial charge in [-0.25, -0.2) is 5.10 Å². The van der Waals surface area contributed by atoms with Crippen molar-refractivity contribution in [1.29, 1.82) is 0 Å². The van der Waals surface area contributed by atoms with Crippen LogP contribution in [0.3, 0.4) is 0 Å². The summed E-state index contributed by atoms with van der Waals surface area (Å²) in [7, 11) is 0. The summed E-state index contributed by atoms with van der Waals surface area (Å²) in [4.78, 5) is 16.3. The van der Waals surface area contributed by atoms with Gasteiger partial charge in [0, 0.05) is 10.7 Å². The molecule has 2 aromatic rings. The van der Waals surface area contributed by atoms with Gasteiger partial charge in [-0.3, -0.25) is 10.1 Å². The summed E-state index contributed by atoms with van der Waals surface area (Å²) in [5.74, 6) is 0.0353. The Kier molecular flexibility index (Phi) is 5.83. The summed E-state index contributed by atoms with van der Waals surface area (Å²) in [5, 5.41) is 9.12. The van der Waals surface area contributed by atoms with E-state index in [4.69, 9.17) is 4.74 Å². The van der Waals surface area contributed by atoms with Gasteiger partial charge in [-0.2, -0.15) is 4.98 Å². The Bertz CT molecular complexity index is 645. The minimum Gasteiger partial charge on any atom is -0.463 e. The lowest BCUT2D eigenvalue weighted by molar-refractivity contribution is 0.102. The first-order valence-electron chi connectivity index (χ1n) is 5.52. The Morgan fingerprint density at radius 2 is 2.15 bits per heavy atom. The molecule has 106 valence electrons. The Labute approximate surface area is 156 Å². The summed E-state index contributed by atoms with van der Waals surface area (Å²) in [5.41, 5.74) is 0.608. The Hall–Kier alpha value is -0.180. The van der Waals surface area contributed by atoms with Crippen LogP contribution in [-0.2, 0) is 0 Å².